The summed E-state index contributed by atoms with van der Waals surface area (Å²) in [4.78, 5) is 0. The molecule has 0 aliphatic rings. The Hall–Kier alpha value is 0.467. The topological polar surface area (TPSA) is 20.2 Å². The predicted octanol–water partition coefficient (Wildman–Crippen LogP) is 12.7. The van der Waals surface area contributed by atoms with E-state index in [9.17, 15) is 0 Å². The molecule has 0 spiro atoms. The molecule has 0 aliphatic carbocycles. The van der Waals surface area contributed by atoms with Gasteiger partial charge in [-0.25, -0.2) is 0 Å². The quantitative estimate of drug-likeness (QED) is 0.0522. The lowest BCUT2D eigenvalue weighted by atomic mass is 10.0. The summed E-state index contributed by atoms with van der Waals surface area (Å²) in [6.45, 7) is 4.91. The van der Waals surface area contributed by atoms with Crippen LogP contribution in [0.4, 0.5) is 0 Å². The van der Waals surface area contributed by atoms with Gasteiger partial charge in [0.15, 0.2) is 0 Å². The first-order valence-corrected chi connectivity index (χ1v) is 21.1. The first-order valence-electron chi connectivity index (χ1n) is 16.9. The van der Waals surface area contributed by atoms with Crippen molar-refractivity contribution in [1.82, 2.24) is 0 Å². The minimum absolute atomic E-state index is 0.372. The molecule has 0 aliphatic heterocycles. The van der Waals surface area contributed by atoms with Crippen LogP contribution in [0.25, 0.3) is 0 Å². The van der Waals surface area contributed by atoms with Crippen LogP contribution in [0.1, 0.15) is 186 Å². The highest BCUT2D eigenvalue weighted by molar-refractivity contribution is 7.19. The number of unbranched alkanes of at least 4 members (excludes halogenated alkanes) is 28. The summed E-state index contributed by atoms with van der Waals surface area (Å²) in [6, 6.07) is 1.30. The second-order valence-corrected chi connectivity index (χ2v) is 19.5. The van der Waals surface area contributed by atoms with Crippen molar-refractivity contribution in [2.45, 2.75) is 205 Å². The predicted molar refractivity (Wildman–Crippen MR) is 169 cm³/mol. The normalized spacial score (nSPS) is 12.0. The number of rotatable bonds is 31. The number of aliphatic hydroxyl groups is 1. The fourth-order valence-corrected chi connectivity index (χ4v) is 6.92. The van der Waals surface area contributed by atoms with E-state index in [1.54, 1.807) is 0 Å². The van der Waals surface area contributed by atoms with Gasteiger partial charge in [0.05, 0.1) is 0 Å². The molecule has 0 aromatic heterocycles. The van der Waals surface area contributed by atoms with E-state index in [-0.39, 0.29) is 0 Å². The average Bonchev–Trinajstić information content (AvgIpc) is 2.84. The lowest BCUT2D eigenvalue weighted by Crippen LogP contribution is -2.14. The van der Waals surface area contributed by atoms with E-state index < -0.39 is 7.38 Å². The maximum absolute atomic E-state index is 8.78. The molecule has 1 nitrogen and oxygen atoms in total. The number of hydrogen-bond donors (Lipinski definition) is 1. The maximum atomic E-state index is 8.78. The Labute approximate surface area is 235 Å². The van der Waals surface area contributed by atoms with Crippen molar-refractivity contribution in [3.8, 4) is 0 Å². The van der Waals surface area contributed by atoms with E-state index in [2.05, 4.69) is 13.1 Å². The third-order valence-electron chi connectivity index (χ3n) is 7.93. The monoisotopic (exact) mass is 544 g/mol. The molecule has 0 unspecified atom stereocenters. The molecule has 0 fully saturated rings. The number of halogens is 1. The Kier molecular flexibility index (Phi) is 30.4. The lowest BCUT2D eigenvalue weighted by molar-refractivity contribution is 0.282. The summed E-state index contributed by atoms with van der Waals surface area (Å²) in [5.41, 5.74) is 0. The Bertz CT molecular complexity index is 396. The van der Waals surface area contributed by atoms with Gasteiger partial charge in [0.2, 0.25) is 0 Å². The van der Waals surface area contributed by atoms with E-state index in [0.29, 0.717) is 6.61 Å². The maximum Gasteiger partial charge on any atom is 0.150 e. The molecule has 0 saturated heterocycles. The van der Waals surface area contributed by atoms with Gasteiger partial charge in [0.25, 0.3) is 0 Å². The Morgan fingerprint density at radius 1 is 0.333 bits per heavy atom. The molecule has 0 amide bonds. The molecule has 1 N–H and O–H groups in total. The summed E-state index contributed by atoms with van der Waals surface area (Å²) in [5.74, 6) is 0. The van der Waals surface area contributed by atoms with Gasteiger partial charge in [-0.2, -0.15) is 11.1 Å². The summed E-state index contributed by atoms with van der Waals surface area (Å²) in [5, 5.41) is 8.78. The SMILES string of the molecule is C[Si](C)(Cl)CCCCCCCCCCCCCCCCCCCCCCCCCCCCCCCO. The highest BCUT2D eigenvalue weighted by Gasteiger charge is 2.15. The molecule has 36 heavy (non-hydrogen) atoms. The lowest BCUT2D eigenvalue weighted by Gasteiger charge is -2.11. The first-order chi connectivity index (χ1) is 17.6. The zero-order valence-corrected chi connectivity index (χ0v) is 27.0. The summed E-state index contributed by atoms with van der Waals surface area (Å²) in [7, 11) is -1.31. The Morgan fingerprint density at radius 3 is 0.667 bits per heavy atom. The van der Waals surface area contributed by atoms with Crippen molar-refractivity contribution in [1.29, 1.82) is 0 Å². The first kappa shape index (κ1) is 36.5. The van der Waals surface area contributed by atoms with Gasteiger partial charge in [0, 0.05) is 6.61 Å². The van der Waals surface area contributed by atoms with Crippen molar-refractivity contribution in [2.75, 3.05) is 6.61 Å². The fourth-order valence-electron chi connectivity index (χ4n) is 5.43. The molecular formula is C33H69ClOSi. The Morgan fingerprint density at radius 2 is 0.500 bits per heavy atom. The largest absolute Gasteiger partial charge is 0.396 e. The number of hydrogen-bond acceptors (Lipinski definition) is 1. The van der Waals surface area contributed by atoms with Crippen molar-refractivity contribution < 1.29 is 5.11 Å². The fraction of sp³-hybridized carbons (Fsp3) is 1.00. The molecule has 0 atom stereocenters. The van der Waals surface area contributed by atoms with Crippen LogP contribution < -0.4 is 0 Å². The zero-order chi connectivity index (χ0) is 26.4. The van der Waals surface area contributed by atoms with E-state index in [0.717, 1.165) is 6.42 Å². The molecule has 0 aromatic carbocycles. The third kappa shape index (κ3) is 34.5. The van der Waals surface area contributed by atoms with Crippen molar-refractivity contribution >= 4 is 18.5 Å². The standard InChI is InChI=1S/C33H69ClOSi/c1-36(2,34)33-31-29-27-25-23-21-19-17-15-13-11-9-7-5-3-4-6-8-10-12-14-16-18-20-22-24-26-28-30-32-35/h35H,3-33H2,1-2H3. The van der Waals surface area contributed by atoms with Crippen LogP contribution in [0.15, 0.2) is 0 Å². The van der Waals surface area contributed by atoms with Crippen LogP contribution >= 0.6 is 11.1 Å². The molecule has 3 heteroatoms. The molecule has 0 rings (SSSR count). The van der Waals surface area contributed by atoms with Crippen molar-refractivity contribution in [2.24, 2.45) is 0 Å². The van der Waals surface area contributed by atoms with Crippen molar-refractivity contribution in [3.05, 3.63) is 0 Å². The summed E-state index contributed by atoms with van der Waals surface area (Å²) in [6.07, 6.45) is 41.2. The molecule has 0 aromatic rings. The van der Waals surface area contributed by atoms with Crippen LogP contribution in [0, 0.1) is 0 Å². The third-order valence-corrected chi connectivity index (χ3v) is 10.0. The molecule has 0 bridgehead atoms. The van der Waals surface area contributed by atoms with Gasteiger partial charge in [-0.1, -0.05) is 193 Å². The van der Waals surface area contributed by atoms with Gasteiger partial charge in [-0.15, -0.1) is 0 Å². The highest BCUT2D eigenvalue weighted by Crippen LogP contribution is 2.20. The summed E-state index contributed by atoms with van der Waals surface area (Å²) < 4.78 is 0. The second kappa shape index (κ2) is 30.0. The minimum atomic E-state index is -1.31. The molecule has 218 valence electrons. The Balaban J connectivity index is 3.03. The van der Waals surface area contributed by atoms with Gasteiger partial charge in [0.1, 0.15) is 7.38 Å². The second-order valence-electron chi connectivity index (χ2n) is 12.4. The van der Waals surface area contributed by atoms with Gasteiger partial charge in [-0.05, 0) is 12.5 Å². The molecular weight excluding hydrogens is 476 g/mol. The van der Waals surface area contributed by atoms with Crippen molar-refractivity contribution in [3.63, 3.8) is 0 Å². The average molecular weight is 545 g/mol. The van der Waals surface area contributed by atoms with Crippen LogP contribution in [-0.4, -0.2) is 19.1 Å². The molecule has 0 heterocycles. The molecule has 0 radical (unpaired) electrons. The smallest absolute Gasteiger partial charge is 0.150 e. The van der Waals surface area contributed by atoms with Crippen LogP contribution in [0.3, 0.4) is 0 Å². The van der Waals surface area contributed by atoms with E-state index in [1.807, 2.05) is 0 Å². The summed E-state index contributed by atoms with van der Waals surface area (Å²) >= 11 is 6.39. The number of aliphatic hydroxyl groups excluding tert-OH is 1. The van der Waals surface area contributed by atoms with Crippen LogP contribution in [0.5, 0.6) is 0 Å². The van der Waals surface area contributed by atoms with Gasteiger partial charge < -0.3 is 5.11 Å². The van der Waals surface area contributed by atoms with Gasteiger partial charge in [-0.3, -0.25) is 0 Å². The van der Waals surface area contributed by atoms with Gasteiger partial charge >= 0.3 is 0 Å². The molecule has 0 saturated carbocycles. The van der Waals surface area contributed by atoms with E-state index in [4.69, 9.17) is 16.2 Å². The zero-order valence-electron chi connectivity index (χ0n) is 25.2. The van der Waals surface area contributed by atoms with E-state index in [1.165, 1.54) is 186 Å². The minimum Gasteiger partial charge on any atom is -0.396 e. The highest BCUT2D eigenvalue weighted by atomic mass is 35.6. The van der Waals surface area contributed by atoms with Crippen LogP contribution in [-0.2, 0) is 0 Å². The van der Waals surface area contributed by atoms with Crippen LogP contribution in [0.2, 0.25) is 19.1 Å². The van der Waals surface area contributed by atoms with E-state index >= 15 is 0 Å².